The van der Waals surface area contributed by atoms with Gasteiger partial charge < -0.3 is 4.74 Å². The Labute approximate surface area is 156 Å². The van der Waals surface area contributed by atoms with Crippen LogP contribution in [0.2, 0.25) is 0 Å². The van der Waals surface area contributed by atoms with Crippen LogP contribution in [0, 0.1) is 17.7 Å². The Bertz CT molecular complexity index is 687. The molecule has 0 amide bonds. The highest BCUT2D eigenvalue weighted by Gasteiger charge is 2.38. The molecule has 3 atom stereocenters. The van der Waals surface area contributed by atoms with Gasteiger partial charge in [-0.3, -0.25) is 4.90 Å². The van der Waals surface area contributed by atoms with E-state index >= 15 is 0 Å². The van der Waals surface area contributed by atoms with E-state index < -0.39 is 0 Å². The van der Waals surface area contributed by atoms with Crippen molar-refractivity contribution in [2.24, 2.45) is 11.8 Å². The van der Waals surface area contributed by atoms with Crippen molar-refractivity contribution in [1.82, 2.24) is 4.90 Å². The molecule has 1 saturated heterocycles. The summed E-state index contributed by atoms with van der Waals surface area (Å²) in [5, 5.41) is 0. The zero-order chi connectivity index (χ0) is 17.8. The van der Waals surface area contributed by atoms with E-state index in [-0.39, 0.29) is 11.9 Å². The second kappa shape index (κ2) is 8.32. The van der Waals surface area contributed by atoms with Crippen LogP contribution in [0.15, 0.2) is 54.6 Å². The summed E-state index contributed by atoms with van der Waals surface area (Å²) in [5.74, 6) is 1.24. The van der Waals surface area contributed by atoms with Crippen molar-refractivity contribution in [3.05, 3.63) is 71.5 Å². The molecular weight excluding hydrogens is 325 g/mol. The Kier molecular flexibility index (Phi) is 5.66. The van der Waals surface area contributed by atoms with Gasteiger partial charge in [0.15, 0.2) is 0 Å². The van der Waals surface area contributed by atoms with E-state index in [1.807, 2.05) is 12.1 Å². The molecule has 2 aliphatic rings. The minimum absolute atomic E-state index is 0.187. The van der Waals surface area contributed by atoms with Crippen LogP contribution in [0.3, 0.4) is 0 Å². The summed E-state index contributed by atoms with van der Waals surface area (Å²) < 4.78 is 19.5. The van der Waals surface area contributed by atoms with E-state index in [1.54, 1.807) is 0 Å². The van der Waals surface area contributed by atoms with Gasteiger partial charge in [0.1, 0.15) is 5.82 Å². The fourth-order valence-corrected chi connectivity index (χ4v) is 4.68. The van der Waals surface area contributed by atoms with Crippen LogP contribution in [-0.4, -0.2) is 24.1 Å². The first-order valence-corrected chi connectivity index (χ1v) is 9.90. The molecule has 1 aliphatic heterocycles. The summed E-state index contributed by atoms with van der Waals surface area (Å²) in [6.07, 6.45) is 5.58. The fraction of sp³-hybridized carbons (Fsp3) is 0.478. The number of benzene rings is 2. The summed E-state index contributed by atoms with van der Waals surface area (Å²) in [4.78, 5) is 2.57. The largest absolute Gasteiger partial charge is 0.372 e. The molecule has 3 heteroatoms. The van der Waals surface area contributed by atoms with Crippen LogP contribution in [-0.2, 0) is 17.9 Å². The quantitative estimate of drug-likeness (QED) is 0.747. The highest BCUT2D eigenvalue weighted by atomic mass is 19.1. The van der Waals surface area contributed by atoms with Crippen LogP contribution in [0.25, 0.3) is 0 Å². The Hall–Kier alpha value is -1.71. The minimum Gasteiger partial charge on any atom is -0.372 e. The van der Waals surface area contributed by atoms with Crippen LogP contribution < -0.4 is 0 Å². The molecule has 2 aromatic carbocycles. The molecule has 0 bridgehead atoms. The lowest BCUT2D eigenvalue weighted by Gasteiger charge is -2.46. The minimum atomic E-state index is -0.187. The van der Waals surface area contributed by atoms with Gasteiger partial charge in [-0.2, -0.15) is 0 Å². The molecule has 138 valence electrons. The van der Waals surface area contributed by atoms with E-state index in [9.17, 15) is 4.39 Å². The van der Waals surface area contributed by atoms with Gasteiger partial charge in [0.25, 0.3) is 0 Å². The van der Waals surface area contributed by atoms with Gasteiger partial charge in [-0.1, -0.05) is 55.3 Å². The Morgan fingerprint density at radius 3 is 2.46 bits per heavy atom. The summed E-state index contributed by atoms with van der Waals surface area (Å²) in [6, 6.07) is 17.4. The topological polar surface area (TPSA) is 12.5 Å². The molecule has 2 nitrogen and oxygen atoms in total. The van der Waals surface area contributed by atoms with Crippen LogP contribution in [0.1, 0.15) is 36.8 Å². The van der Waals surface area contributed by atoms with Gasteiger partial charge in [-0.25, -0.2) is 4.39 Å². The van der Waals surface area contributed by atoms with Crippen molar-refractivity contribution in [2.75, 3.05) is 13.1 Å². The van der Waals surface area contributed by atoms with Gasteiger partial charge >= 0.3 is 0 Å². The van der Waals surface area contributed by atoms with Gasteiger partial charge in [-0.15, -0.1) is 0 Å². The Morgan fingerprint density at radius 1 is 0.885 bits per heavy atom. The lowest BCUT2D eigenvalue weighted by Crippen LogP contribution is -2.50. The fourth-order valence-electron chi connectivity index (χ4n) is 4.68. The zero-order valence-corrected chi connectivity index (χ0v) is 15.3. The SMILES string of the molecule is Fc1ccc(COC2CN(Cc3ccccc3)CC3CCCCC32)cc1. The first-order valence-electron chi connectivity index (χ1n) is 9.90. The lowest BCUT2D eigenvalue weighted by atomic mass is 9.73. The first kappa shape index (κ1) is 17.7. The van der Waals surface area contributed by atoms with E-state index in [0.717, 1.165) is 24.6 Å². The van der Waals surface area contributed by atoms with Gasteiger partial charge in [-0.05, 0) is 47.9 Å². The predicted molar refractivity (Wildman–Crippen MR) is 102 cm³/mol. The molecule has 0 spiro atoms. The third-order valence-corrected chi connectivity index (χ3v) is 6.00. The normalized spacial score (nSPS) is 26.4. The maximum atomic E-state index is 13.1. The number of nitrogens with zero attached hydrogens (tertiary/aromatic N) is 1. The average molecular weight is 353 g/mol. The molecule has 2 fully saturated rings. The molecule has 1 heterocycles. The third kappa shape index (κ3) is 4.33. The van der Waals surface area contributed by atoms with Crippen molar-refractivity contribution in [3.63, 3.8) is 0 Å². The number of piperidine rings is 1. The summed E-state index contributed by atoms with van der Waals surface area (Å²) >= 11 is 0. The van der Waals surface area contributed by atoms with Crippen molar-refractivity contribution in [1.29, 1.82) is 0 Å². The summed E-state index contributed by atoms with van der Waals surface area (Å²) in [7, 11) is 0. The van der Waals surface area contributed by atoms with Gasteiger partial charge in [0.05, 0.1) is 12.7 Å². The molecular formula is C23H28FNO. The smallest absolute Gasteiger partial charge is 0.123 e. The maximum Gasteiger partial charge on any atom is 0.123 e. The molecule has 2 aromatic rings. The molecule has 0 radical (unpaired) electrons. The van der Waals surface area contributed by atoms with Gasteiger partial charge in [0, 0.05) is 19.6 Å². The summed E-state index contributed by atoms with van der Waals surface area (Å²) in [6.45, 7) is 3.76. The van der Waals surface area contributed by atoms with Gasteiger partial charge in [0.2, 0.25) is 0 Å². The van der Waals surface area contributed by atoms with E-state index in [1.165, 1.54) is 49.9 Å². The predicted octanol–water partition coefficient (Wildman–Crippen LogP) is 5.03. The number of ether oxygens (including phenoxy) is 1. The number of rotatable bonds is 5. The highest BCUT2D eigenvalue weighted by molar-refractivity contribution is 5.16. The summed E-state index contributed by atoms with van der Waals surface area (Å²) in [5.41, 5.74) is 2.43. The van der Waals surface area contributed by atoms with E-state index in [4.69, 9.17) is 4.74 Å². The maximum absolute atomic E-state index is 13.1. The Morgan fingerprint density at radius 2 is 1.65 bits per heavy atom. The number of fused-ring (bicyclic) bond motifs is 1. The van der Waals surface area contributed by atoms with Crippen molar-refractivity contribution in [3.8, 4) is 0 Å². The molecule has 26 heavy (non-hydrogen) atoms. The van der Waals surface area contributed by atoms with E-state index in [0.29, 0.717) is 12.5 Å². The molecule has 4 rings (SSSR count). The van der Waals surface area contributed by atoms with Crippen LogP contribution in [0.4, 0.5) is 4.39 Å². The number of hydrogen-bond acceptors (Lipinski definition) is 2. The Balaban J connectivity index is 1.42. The molecule has 1 saturated carbocycles. The average Bonchev–Trinajstić information content (AvgIpc) is 2.68. The van der Waals surface area contributed by atoms with Crippen LogP contribution in [0.5, 0.6) is 0 Å². The molecule has 1 aliphatic carbocycles. The third-order valence-electron chi connectivity index (χ3n) is 6.00. The van der Waals surface area contributed by atoms with E-state index in [2.05, 4.69) is 35.2 Å². The number of halogens is 1. The number of likely N-dealkylation sites (tertiary alicyclic amines) is 1. The van der Waals surface area contributed by atoms with Crippen molar-refractivity contribution >= 4 is 0 Å². The second-order valence-electron chi connectivity index (χ2n) is 7.86. The van der Waals surface area contributed by atoms with Crippen LogP contribution >= 0.6 is 0 Å². The lowest BCUT2D eigenvalue weighted by molar-refractivity contribution is -0.0843. The monoisotopic (exact) mass is 353 g/mol. The second-order valence-corrected chi connectivity index (χ2v) is 7.86. The van der Waals surface area contributed by atoms with Crippen molar-refractivity contribution < 1.29 is 9.13 Å². The first-order chi connectivity index (χ1) is 12.8. The molecule has 3 unspecified atom stereocenters. The molecule has 0 aromatic heterocycles. The molecule has 0 N–H and O–H groups in total. The standard InChI is InChI=1S/C23H28FNO/c24-21-12-10-19(11-13-21)17-26-23-16-25(14-18-6-2-1-3-7-18)15-20-8-4-5-9-22(20)23/h1-3,6-7,10-13,20,22-23H,4-5,8-9,14-17H2. The van der Waals surface area contributed by atoms with Crippen molar-refractivity contribution in [2.45, 2.75) is 44.9 Å². The number of hydrogen-bond donors (Lipinski definition) is 0. The highest BCUT2D eigenvalue weighted by Crippen LogP contribution is 2.38. The zero-order valence-electron chi connectivity index (χ0n) is 15.3.